The van der Waals surface area contributed by atoms with Crippen molar-refractivity contribution in [2.75, 3.05) is 18.8 Å². The maximum atomic E-state index is 10.4. The Morgan fingerprint density at radius 1 is 1.05 bits per heavy atom. The van der Waals surface area contributed by atoms with Crippen LogP contribution in [0, 0.1) is 5.92 Å². The van der Waals surface area contributed by atoms with E-state index in [0.717, 1.165) is 18.9 Å². The molecule has 0 saturated heterocycles. The molecule has 0 aromatic heterocycles. The number of nitrogens with one attached hydrogen (secondary N) is 1. The van der Waals surface area contributed by atoms with Gasteiger partial charge in [0.1, 0.15) is 0 Å². The van der Waals surface area contributed by atoms with Crippen molar-refractivity contribution < 1.29 is 13.0 Å². The summed E-state index contributed by atoms with van der Waals surface area (Å²) in [5, 5.41) is 3.19. The Kier molecular flexibility index (Phi) is 9.11. The monoisotopic (exact) mass is 309 g/mol. The molecule has 0 heterocycles. The van der Waals surface area contributed by atoms with Gasteiger partial charge in [0, 0.05) is 12.3 Å². The van der Waals surface area contributed by atoms with Gasteiger partial charge in [-0.1, -0.05) is 51.4 Å². The van der Waals surface area contributed by atoms with Crippen LogP contribution < -0.4 is 5.32 Å². The molecule has 4 nitrogen and oxygen atoms in total. The lowest BCUT2D eigenvalue weighted by molar-refractivity contribution is 0.463. The van der Waals surface area contributed by atoms with Crippen molar-refractivity contribution in [3.63, 3.8) is 0 Å². The Morgan fingerprint density at radius 2 is 1.74 bits per heavy atom. The Hall–Kier alpha value is 0.220. The van der Waals surface area contributed by atoms with Crippen LogP contribution in [-0.4, -0.2) is 31.8 Å². The van der Waals surface area contributed by atoms with Gasteiger partial charge in [-0.2, -0.15) is 8.42 Å². The van der Waals surface area contributed by atoms with Crippen LogP contribution in [0.2, 0.25) is 0 Å². The molecule has 1 aliphatic rings. The second kappa shape index (κ2) is 10.0. The van der Waals surface area contributed by atoms with Gasteiger partial charge in [-0.3, -0.25) is 4.55 Å². The molecule has 0 spiro atoms. The van der Waals surface area contributed by atoms with Crippen molar-refractivity contribution in [2.45, 2.75) is 57.8 Å². The summed E-state index contributed by atoms with van der Waals surface area (Å²) in [6, 6.07) is 0. The summed E-state index contributed by atoms with van der Waals surface area (Å²) in [6.07, 6.45) is 12.3. The summed E-state index contributed by atoms with van der Waals surface area (Å²) < 4.78 is 29.4. The molecule has 0 aromatic rings. The molecule has 0 bridgehead atoms. The number of hydrogen-bond donors (Lipinski definition) is 2. The smallest absolute Gasteiger partial charge is 0.316 e. The summed E-state index contributed by atoms with van der Waals surface area (Å²) in [7, 11) is -3.28. The Labute approximate surface area is 121 Å². The highest BCUT2D eigenvalue weighted by atomic mass is 33.1. The molecule has 1 rings (SSSR count). The molecule has 6 heteroatoms. The van der Waals surface area contributed by atoms with E-state index in [1.165, 1.54) is 51.4 Å². The van der Waals surface area contributed by atoms with Gasteiger partial charge in [0.2, 0.25) is 0 Å². The zero-order valence-corrected chi connectivity index (χ0v) is 13.3. The van der Waals surface area contributed by atoms with Crippen LogP contribution in [0.15, 0.2) is 0 Å². The van der Waals surface area contributed by atoms with Crippen molar-refractivity contribution in [2.24, 2.45) is 5.92 Å². The second-order valence-electron chi connectivity index (χ2n) is 5.35. The summed E-state index contributed by atoms with van der Waals surface area (Å²) in [4.78, 5) is 0. The Morgan fingerprint density at radius 3 is 2.42 bits per heavy atom. The Balaban J connectivity index is 1.76. The van der Waals surface area contributed by atoms with Crippen molar-refractivity contribution in [3.05, 3.63) is 0 Å². The van der Waals surface area contributed by atoms with E-state index in [0.29, 0.717) is 23.1 Å². The van der Waals surface area contributed by atoms with E-state index in [4.69, 9.17) is 4.55 Å². The van der Waals surface area contributed by atoms with Crippen LogP contribution in [0.4, 0.5) is 0 Å². The first kappa shape index (κ1) is 17.3. The van der Waals surface area contributed by atoms with Gasteiger partial charge in [0.05, 0.1) is 0 Å². The van der Waals surface area contributed by atoms with Crippen molar-refractivity contribution >= 4 is 19.9 Å². The molecule has 114 valence electrons. The van der Waals surface area contributed by atoms with Gasteiger partial charge in [0.25, 0.3) is 0 Å². The number of rotatable bonds is 11. The summed E-state index contributed by atoms with van der Waals surface area (Å²) >= 11 is 0. The first-order valence-corrected chi connectivity index (χ1v) is 10.3. The molecular weight excluding hydrogens is 282 g/mol. The highest BCUT2D eigenvalue weighted by Crippen LogP contribution is 2.29. The second-order valence-corrected chi connectivity index (χ2v) is 8.82. The van der Waals surface area contributed by atoms with Crippen LogP contribution in [-0.2, 0) is 9.15 Å². The number of hydrogen-bond acceptors (Lipinski definition) is 4. The minimum Gasteiger partial charge on any atom is -0.316 e. The first-order valence-electron chi connectivity index (χ1n) is 7.40. The zero-order valence-electron chi connectivity index (χ0n) is 11.6. The van der Waals surface area contributed by atoms with Gasteiger partial charge in [-0.05, 0) is 29.7 Å². The lowest BCUT2D eigenvalue weighted by Crippen LogP contribution is -2.18. The van der Waals surface area contributed by atoms with Crippen LogP contribution >= 0.6 is 10.8 Å². The van der Waals surface area contributed by atoms with Gasteiger partial charge >= 0.3 is 9.15 Å². The van der Waals surface area contributed by atoms with E-state index < -0.39 is 9.15 Å². The van der Waals surface area contributed by atoms with Crippen molar-refractivity contribution in [1.82, 2.24) is 5.32 Å². The maximum Gasteiger partial charge on any atom is 0.319 e. The third-order valence-corrected chi connectivity index (χ3v) is 5.76. The third-order valence-electron chi connectivity index (χ3n) is 3.70. The van der Waals surface area contributed by atoms with Gasteiger partial charge in [0.15, 0.2) is 0 Å². The van der Waals surface area contributed by atoms with Crippen molar-refractivity contribution in [3.8, 4) is 0 Å². The van der Waals surface area contributed by atoms with E-state index in [9.17, 15) is 8.42 Å². The average Bonchev–Trinajstić information content (AvgIpc) is 2.83. The fraction of sp³-hybridized carbons (Fsp3) is 1.00. The molecule has 0 amide bonds. The van der Waals surface area contributed by atoms with Gasteiger partial charge < -0.3 is 5.32 Å². The normalized spacial score (nSPS) is 17.1. The largest absolute Gasteiger partial charge is 0.319 e. The lowest BCUT2D eigenvalue weighted by Gasteiger charge is -2.08. The van der Waals surface area contributed by atoms with Crippen LogP contribution in [0.3, 0.4) is 0 Å². The molecule has 1 saturated carbocycles. The fourth-order valence-electron chi connectivity index (χ4n) is 2.68. The molecule has 0 aliphatic heterocycles. The van der Waals surface area contributed by atoms with E-state index in [1.807, 2.05) is 0 Å². The minimum absolute atomic E-state index is 0.403. The van der Waals surface area contributed by atoms with Gasteiger partial charge in [-0.25, -0.2) is 0 Å². The third kappa shape index (κ3) is 10.6. The summed E-state index contributed by atoms with van der Waals surface area (Å²) in [6.45, 7) is 1.57. The fourth-order valence-corrected chi connectivity index (χ4v) is 4.00. The molecule has 0 radical (unpaired) electrons. The quantitative estimate of drug-likeness (QED) is 0.348. The lowest BCUT2D eigenvalue weighted by atomic mass is 9.99. The Bertz CT molecular complexity index is 314. The molecule has 0 aromatic carbocycles. The standard InChI is InChI=1S/C13H27NO3S2/c15-19(16,17)18-12-11-14-10-6-2-1-3-7-13-8-4-5-9-13/h13-14H,1-12H2,(H,15,16,17). The minimum atomic E-state index is -3.86. The summed E-state index contributed by atoms with van der Waals surface area (Å²) in [5.41, 5.74) is 0. The SMILES string of the molecule is O=S(=O)(O)SCCNCCCCCCC1CCCC1. The number of unbranched alkanes of at least 4 members (excludes halogenated alkanes) is 3. The predicted molar refractivity (Wildman–Crippen MR) is 81.9 cm³/mol. The highest BCUT2D eigenvalue weighted by Gasteiger charge is 2.13. The zero-order chi connectivity index (χ0) is 14.0. The van der Waals surface area contributed by atoms with Crippen molar-refractivity contribution in [1.29, 1.82) is 0 Å². The van der Waals surface area contributed by atoms with Gasteiger partial charge in [-0.15, -0.1) is 0 Å². The van der Waals surface area contributed by atoms with E-state index in [2.05, 4.69) is 5.32 Å². The first-order chi connectivity index (χ1) is 9.08. The molecular formula is C13H27NO3S2. The van der Waals surface area contributed by atoms with E-state index in [-0.39, 0.29) is 0 Å². The maximum absolute atomic E-state index is 10.4. The van der Waals surface area contributed by atoms with E-state index >= 15 is 0 Å². The molecule has 0 unspecified atom stereocenters. The molecule has 1 fully saturated rings. The molecule has 2 N–H and O–H groups in total. The summed E-state index contributed by atoms with van der Waals surface area (Å²) in [5.74, 6) is 1.41. The predicted octanol–water partition coefficient (Wildman–Crippen LogP) is 3.25. The molecule has 1 aliphatic carbocycles. The molecule has 19 heavy (non-hydrogen) atoms. The molecule has 0 atom stereocenters. The topological polar surface area (TPSA) is 66.4 Å². The average molecular weight is 309 g/mol. The van der Waals surface area contributed by atoms with Crippen LogP contribution in [0.25, 0.3) is 0 Å². The van der Waals surface area contributed by atoms with Crippen LogP contribution in [0.5, 0.6) is 0 Å². The van der Waals surface area contributed by atoms with Crippen LogP contribution in [0.1, 0.15) is 57.8 Å². The van der Waals surface area contributed by atoms with E-state index in [1.54, 1.807) is 0 Å². The highest BCUT2D eigenvalue weighted by molar-refractivity contribution is 8.69.